The van der Waals surface area contributed by atoms with Gasteiger partial charge in [0.05, 0.1) is 11.0 Å². The molecule has 0 atom stereocenters. The molecule has 0 fully saturated rings. The van der Waals surface area contributed by atoms with Crippen LogP contribution in [-0.4, -0.2) is 5.97 Å². The van der Waals surface area contributed by atoms with Crippen LogP contribution >= 0.6 is 11.3 Å². The van der Waals surface area contributed by atoms with Gasteiger partial charge in [-0.1, -0.05) is 0 Å². The minimum Gasteiger partial charge on any atom is -0.545 e. The molecule has 0 amide bonds. The molecule has 10 heavy (non-hydrogen) atoms. The second-order valence-electron chi connectivity index (χ2n) is 1.49. The van der Waals surface area contributed by atoms with E-state index in [4.69, 9.17) is 5.73 Å². The molecule has 48 valence electrons. The minimum absolute atomic E-state index is 0. The number of carboxylic acids is 1. The van der Waals surface area contributed by atoms with Crippen molar-refractivity contribution in [2.24, 2.45) is 0 Å². The first kappa shape index (κ1) is 10.6. The fourth-order valence-corrected chi connectivity index (χ4v) is 1.12. The molecular formula is C5H4KNO2S. The first-order chi connectivity index (χ1) is 4.22. The van der Waals surface area contributed by atoms with Gasteiger partial charge in [0.2, 0.25) is 0 Å². The van der Waals surface area contributed by atoms with Gasteiger partial charge in [-0.05, 0) is 11.4 Å². The molecule has 1 aromatic rings. The van der Waals surface area contributed by atoms with Gasteiger partial charge in [0.25, 0.3) is 0 Å². The van der Waals surface area contributed by atoms with Gasteiger partial charge < -0.3 is 15.6 Å². The van der Waals surface area contributed by atoms with Gasteiger partial charge >= 0.3 is 51.4 Å². The topological polar surface area (TPSA) is 66.2 Å². The maximum Gasteiger partial charge on any atom is 1.00 e. The Balaban J connectivity index is 0.000000810. The zero-order valence-corrected chi connectivity index (χ0v) is 9.40. The van der Waals surface area contributed by atoms with E-state index < -0.39 is 5.97 Å². The average Bonchev–Trinajstić information content (AvgIpc) is 2.13. The van der Waals surface area contributed by atoms with Gasteiger partial charge in [0.15, 0.2) is 0 Å². The van der Waals surface area contributed by atoms with Crippen LogP contribution < -0.4 is 62.2 Å². The summed E-state index contributed by atoms with van der Waals surface area (Å²) in [5, 5.41) is 12.0. The Labute approximate surface area is 105 Å². The van der Waals surface area contributed by atoms with Crippen molar-refractivity contribution in [3.63, 3.8) is 0 Å². The molecule has 0 saturated heterocycles. The quantitative estimate of drug-likeness (QED) is 0.462. The molecule has 0 aromatic carbocycles. The van der Waals surface area contributed by atoms with E-state index in [1.54, 1.807) is 5.38 Å². The van der Waals surface area contributed by atoms with Crippen LogP contribution in [0.5, 0.6) is 0 Å². The van der Waals surface area contributed by atoms with Crippen LogP contribution in [0, 0.1) is 0 Å². The van der Waals surface area contributed by atoms with E-state index in [0.717, 1.165) is 0 Å². The standard InChI is InChI=1S/C5H5NO2S.K/c6-4-3(5(7)8)1-2-9-4;/h1-2H,6H2,(H,7,8);/q;+1/p-1. The molecule has 3 nitrogen and oxygen atoms in total. The number of rotatable bonds is 1. The summed E-state index contributed by atoms with van der Waals surface area (Å²) in [7, 11) is 0. The fraction of sp³-hybridized carbons (Fsp3) is 0. The monoisotopic (exact) mass is 181 g/mol. The zero-order valence-electron chi connectivity index (χ0n) is 5.46. The molecule has 0 bridgehead atoms. The Morgan fingerprint density at radius 2 is 2.30 bits per heavy atom. The maximum atomic E-state index is 10.1. The van der Waals surface area contributed by atoms with Crippen LogP contribution in [0.1, 0.15) is 10.4 Å². The number of hydrogen-bond acceptors (Lipinski definition) is 4. The van der Waals surface area contributed by atoms with Gasteiger partial charge in [0.1, 0.15) is 0 Å². The van der Waals surface area contributed by atoms with Gasteiger partial charge in [-0.15, -0.1) is 11.3 Å². The van der Waals surface area contributed by atoms with E-state index in [1.807, 2.05) is 0 Å². The van der Waals surface area contributed by atoms with Crippen molar-refractivity contribution >= 4 is 22.3 Å². The third kappa shape index (κ3) is 2.33. The number of nitrogens with two attached hydrogens (primary N) is 1. The second kappa shape index (κ2) is 4.48. The average molecular weight is 181 g/mol. The first-order valence-corrected chi connectivity index (χ1v) is 3.14. The van der Waals surface area contributed by atoms with E-state index in [9.17, 15) is 9.90 Å². The Kier molecular flexibility index (Phi) is 4.75. The Morgan fingerprint density at radius 3 is 2.50 bits per heavy atom. The van der Waals surface area contributed by atoms with E-state index in [1.165, 1.54) is 17.4 Å². The summed E-state index contributed by atoms with van der Waals surface area (Å²) in [5.41, 5.74) is 5.32. The number of carbonyl (C=O) groups excluding carboxylic acids is 1. The summed E-state index contributed by atoms with van der Waals surface area (Å²) in [4.78, 5) is 10.1. The van der Waals surface area contributed by atoms with Crippen molar-refractivity contribution in [1.82, 2.24) is 0 Å². The summed E-state index contributed by atoms with van der Waals surface area (Å²) in [6.45, 7) is 0. The summed E-state index contributed by atoms with van der Waals surface area (Å²) in [6.07, 6.45) is 0. The Hall–Kier alpha value is 0.606. The minimum atomic E-state index is -1.21. The zero-order chi connectivity index (χ0) is 6.85. The molecule has 0 aliphatic carbocycles. The maximum absolute atomic E-state index is 10.1. The van der Waals surface area contributed by atoms with Crippen molar-refractivity contribution in [1.29, 1.82) is 0 Å². The predicted octanol–water partition coefficient (Wildman–Crippen LogP) is -3.30. The van der Waals surface area contributed by atoms with Crippen molar-refractivity contribution < 1.29 is 61.3 Å². The van der Waals surface area contributed by atoms with Gasteiger partial charge in [0, 0.05) is 5.56 Å². The van der Waals surface area contributed by atoms with Crippen LogP contribution in [0.15, 0.2) is 11.4 Å². The van der Waals surface area contributed by atoms with E-state index in [0.29, 0.717) is 5.00 Å². The molecule has 1 heterocycles. The fourth-order valence-electron chi connectivity index (χ4n) is 0.490. The number of carbonyl (C=O) groups is 1. The van der Waals surface area contributed by atoms with Crippen molar-refractivity contribution in [3.05, 3.63) is 17.0 Å². The van der Waals surface area contributed by atoms with E-state index in [2.05, 4.69) is 0 Å². The molecule has 0 aliphatic heterocycles. The normalized spacial score (nSPS) is 8.40. The third-order valence-corrected chi connectivity index (χ3v) is 1.66. The van der Waals surface area contributed by atoms with Crippen LogP contribution in [-0.2, 0) is 0 Å². The molecule has 1 rings (SSSR count). The number of hydrogen-bond donors (Lipinski definition) is 1. The van der Waals surface area contributed by atoms with Crippen LogP contribution in [0.4, 0.5) is 5.00 Å². The molecule has 5 heteroatoms. The summed E-state index contributed by atoms with van der Waals surface area (Å²) in [5.74, 6) is -1.21. The number of aromatic carboxylic acids is 1. The van der Waals surface area contributed by atoms with Gasteiger partial charge in [-0.2, -0.15) is 0 Å². The Morgan fingerprint density at radius 1 is 1.70 bits per heavy atom. The van der Waals surface area contributed by atoms with E-state index >= 15 is 0 Å². The number of anilines is 1. The SMILES string of the molecule is Nc1sccc1C(=O)[O-].[K+]. The van der Waals surface area contributed by atoms with Crippen molar-refractivity contribution in [3.8, 4) is 0 Å². The first-order valence-electron chi connectivity index (χ1n) is 2.26. The molecule has 0 aliphatic rings. The second-order valence-corrected chi connectivity index (χ2v) is 2.43. The Bertz CT molecular complexity index is 235. The molecule has 0 saturated carbocycles. The summed E-state index contributed by atoms with van der Waals surface area (Å²) < 4.78 is 0. The molecule has 2 N–H and O–H groups in total. The number of thiophene rings is 1. The smallest absolute Gasteiger partial charge is 0.545 e. The van der Waals surface area contributed by atoms with Gasteiger partial charge in [-0.3, -0.25) is 0 Å². The molecule has 1 aromatic heterocycles. The predicted molar refractivity (Wildman–Crippen MR) is 33.1 cm³/mol. The number of carboxylic acid groups (broad SMARTS) is 1. The largest absolute Gasteiger partial charge is 1.00 e. The molecule has 0 unspecified atom stereocenters. The molecular weight excluding hydrogens is 177 g/mol. The van der Waals surface area contributed by atoms with Crippen LogP contribution in [0.2, 0.25) is 0 Å². The van der Waals surface area contributed by atoms with Crippen LogP contribution in [0.25, 0.3) is 0 Å². The van der Waals surface area contributed by atoms with Crippen molar-refractivity contribution in [2.45, 2.75) is 0 Å². The summed E-state index contributed by atoms with van der Waals surface area (Å²) >= 11 is 1.19. The van der Waals surface area contributed by atoms with Gasteiger partial charge in [-0.25, -0.2) is 0 Å². The molecule has 0 spiro atoms. The van der Waals surface area contributed by atoms with Crippen molar-refractivity contribution in [2.75, 3.05) is 5.73 Å². The van der Waals surface area contributed by atoms with Crippen LogP contribution in [0.3, 0.4) is 0 Å². The molecule has 0 radical (unpaired) electrons. The third-order valence-electron chi connectivity index (χ3n) is 0.915. The number of nitrogen functional groups attached to an aromatic ring is 1. The summed E-state index contributed by atoms with van der Waals surface area (Å²) in [6, 6.07) is 1.43. The van der Waals surface area contributed by atoms with E-state index in [-0.39, 0.29) is 56.9 Å².